The Morgan fingerprint density at radius 2 is 1.96 bits per heavy atom. The minimum absolute atomic E-state index is 0.0625. The van der Waals surface area contributed by atoms with Gasteiger partial charge in [0.05, 0.1) is 6.54 Å². The number of unbranched alkanes of at least 4 members (excludes halogenated alkanes) is 1. The van der Waals surface area contributed by atoms with Crippen molar-refractivity contribution in [3.05, 3.63) is 35.4 Å². The van der Waals surface area contributed by atoms with Gasteiger partial charge in [0.15, 0.2) is 0 Å². The molecule has 1 aliphatic carbocycles. The van der Waals surface area contributed by atoms with Crippen LogP contribution in [0.2, 0.25) is 0 Å². The molecule has 1 atom stereocenters. The third-order valence-electron chi connectivity index (χ3n) is 5.43. The summed E-state index contributed by atoms with van der Waals surface area (Å²) in [6.07, 6.45) is 12.9. The monoisotopic (exact) mass is 368 g/mol. The molecule has 1 N–H and O–H groups in total. The molecule has 0 radical (unpaired) electrons. The third kappa shape index (κ3) is 5.60. The summed E-state index contributed by atoms with van der Waals surface area (Å²) >= 11 is 0. The molecule has 146 valence electrons. The summed E-state index contributed by atoms with van der Waals surface area (Å²) in [6.45, 7) is 4.80. The smallest absolute Gasteiger partial charge is 0.255 e. The second-order valence-electron chi connectivity index (χ2n) is 7.44. The normalized spacial score (nSPS) is 15.6. The van der Waals surface area contributed by atoms with Crippen LogP contribution >= 0.6 is 0 Å². The Morgan fingerprint density at radius 1 is 1.26 bits per heavy atom. The molecule has 1 fully saturated rings. The average molecular weight is 369 g/mol. The minimum Gasteiger partial charge on any atom is -0.354 e. The molecule has 0 heterocycles. The predicted octanol–water partition coefficient (Wildman–Crippen LogP) is 3.94. The number of nitrogens with one attached hydrogen (secondary N) is 1. The Balaban J connectivity index is 2.32. The van der Waals surface area contributed by atoms with Gasteiger partial charge in [-0.25, -0.2) is 0 Å². The number of nitrogens with zero attached hydrogens (tertiary/aromatic N) is 1. The van der Waals surface area contributed by atoms with Crippen molar-refractivity contribution >= 4 is 11.8 Å². The Labute approximate surface area is 163 Å². The van der Waals surface area contributed by atoms with Gasteiger partial charge in [-0.1, -0.05) is 56.7 Å². The van der Waals surface area contributed by atoms with E-state index in [1.807, 2.05) is 31.2 Å². The molecule has 1 aliphatic rings. The molecule has 0 aliphatic heterocycles. The lowest BCUT2D eigenvalue weighted by Gasteiger charge is -2.37. The number of rotatable bonds is 8. The number of benzene rings is 1. The summed E-state index contributed by atoms with van der Waals surface area (Å²) in [7, 11) is 0. The van der Waals surface area contributed by atoms with E-state index >= 15 is 0 Å². The molecule has 2 rings (SSSR count). The first-order valence-corrected chi connectivity index (χ1v) is 10.2. The topological polar surface area (TPSA) is 49.4 Å². The van der Waals surface area contributed by atoms with Crippen LogP contribution < -0.4 is 5.32 Å². The molecular weight excluding hydrogens is 336 g/mol. The first-order chi connectivity index (χ1) is 13.1. The maximum Gasteiger partial charge on any atom is 0.255 e. The van der Waals surface area contributed by atoms with Crippen molar-refractivity contribution in [1.82, 2.24) is 10.2 Å². The molecule has 0 aromatic heterocycles. The van der Waals surface area contributed by atoms with Gasteiger partial charge in [0.25, 0.3) is 5.91 Å². The van der Waals surface area contributed by atoms with Gasteiger partial charge < -0.3 is 10.2 Å². The van der Waals surface area contributed by atoms with Gasteiger partial charge in [0, 0.05) is 12.1 Å². The lowest BCUT2D eigenvalue weighted by molar-refractivity contribution is -0.127. The fourth-order valence-corrected chi connectivity index (χ4v) is 3.92. The van der Waals surface area contributed by atoms with Crippen LogP contribution in [0.15, 0.2) is 24.3 Å². The van der Waals surface area contributed by atoms with Crippen LogP contribution in [0.3, 0.4) is 0 Å². The van der Waals surface area contributed by atoms with E-state index < -0.39 is 6.04 Å². The van der Waals surface area contributed by atoms with Crippen molar-refractivity contribution in [3.8, 4) is 12.3 Å². The molecule has 4 nitrogen and oxygen atoms in total. The Morgan fingerprint density at radius 3 is 2.59 bits per heavy atom. The van der Waals surface area contributed by atoms with Crippen molar-refractivity contribution in [3.63, 3.8) is 0 Å². The van der Waals surface area contributed by atoms with Crippen LogP contribution in [0.4, 0.5) is 0 Å². The Bertz CT molecular complexity index is 671. The maximum atomic E-state index is 13.3. The lowest BCUT2D eigenvalue weighted by atomic mass is 9.82. The van der Waals surface area contributed by atoms with E-state index in [4.69, 9.17) is 6.42 Å². The second-order valence-corrected chi connectivity index (χ2v) is 7.44. The van der Waals surface area contributed by atoms with Gasteiger partial charge in [0.1, 0.15) is 6.04 Å². The molecule has 0 saturated heterocycles. The third-order valence-corrected chi connectivity index (χ3v) is 5.43. The highest BCUT2D eigenvalue weighted by atomic mass is 16.2. The summed E-state index contributed by atoms with van der Waals surface area (Å²) in [4.78, 5) is 28.0. The Kier molecular flexibility index (Phi) is 8.39. The molecular formula is C23H32N2O2. The van der Waals surface area contributed by atoms with Crippen LogP contribution in [0.5, 0.6) is 0 Å². The molecule has 0 spiro atoms. The summed E-state index contributed by atoms with van der Waals surface area (Å²) in [5.74, 6) is 2.56. The second kappa shape index (κ2) is 10.8. The SMILES string of the molecule is C#CCN(C(=O)c1ccccc1C)C(C(=O)NCCCC)C1CCCCC1. The van der Waals surface area contributed by atoms with E-state index in [0.29, 0.717) is 12.1 Å². The van der Waals surface area contributed by atoms with Crippen LogP contribution in [-0.4, -0.2) is 35.8 Å². The van der Waals surface area contributed by atoms with Gasteiger partial charge in [0.2, 0.25) is 5.91 Å². The summed E-state index contributed by atoms with van der Waals surface area (Å²) in [5, 5.41) is 3.04. The highest BCUT2D eigenvalue weighted by Crippen LogP contribution is 2.30. The van der Waals surface area contributed by atoms with Gasteiger partial charge in [-0.2, -0.15) is 0 Å². The summed E-state index contributed by atoms with van der Waals surface area (Å²) in [5.41, 5.74) is 1.52. The van der Waals surface area contributed by atoms with E-state index in [-0.39, 0.29) is 24.3 Å². The number of carbonyl (C=O) groups excluding carboxylic acids is 2. The number of hydrogen-bond acceptors (Lipinski definition) is 2. The number of carbonyl (C=O) groups is 2. The van der Waals surface area contributed by atoms with Gasteiger partial charge in [-0.15, -0.1) is 6.42 Å². The fraction of sp³-hybridized carbons (Fsp3) is 0.565. The van der Waals surface area contributed by atoms with Gasteiger partial charge in [-0.05, 0) is 43.7 Å². The van der Waals surface area contributed by atoms with Crippen molar-refractivity contribution in [1.29, 1.82) is 0 Å². The largest absolute Gasteiger partial charge is 0.354 e. The molecule has 4 heteroatoms. The molecule has 1 unspecified atom stereocenters. The molecule has 1 saturated carbocycles. The minimum atomic E-state index is -0.495. The number of aryl methyl sites for hydroxylation is 1. The standard InChI is InChI=1S/C23H32N2O2/c1-4-6-16-24-22(26)21(19-13-8-7-9-14-19)25(17-5-2)23(27)20-15-11-10-12-18(20)3/h2,10-12,15,19,21H,4,6-9,13-14,16-17H2,1,3H3,(H,24,26). The quantitative estimate of drug-likeness (QED) is 0.558. The van der Waals surface area contributed by atoms with E-state index in [2.05, 4.69) is 18.2 Å². The van der Waals surface area contributed by atoms with Crippen LogP contribution in [0, 0.1) is 25.2 Å². The zero-order valence-corrected chi connectivity index (χ0v) is 16.7. The van der Waals surface area contributed by atoms with Crippen molar-refractivity contribution < 1.29 is 9.59 Å². The fourth-order valence-electron chi connectivity index (χ4n) is 3.92. The highest BCUT2D eigenvalue weighted by molar-refractivity contribution is 5.99. The zero-order valence-electron chi connectivity index (χ0n) is 16.7. The summed E-state index contributed by atoms with van der Waals surface area (Å²) < 4.78 is 0. The number of hydrogen-bond donors (Lipinski definition) is 1. The maximum absolute atomic E-state index is 13.3. The van der Waals surface area contributed by atoms with E-state index in [9.17, 15) is 9.59 Å². The van der Waals surface area contributed by atoms with Gasteiger partial charge in [-0.3, -0.25) is 9.59 Å². The predicted molar refractivity (Wildman–Crippen MR) is 109 cm³/mol. The molecule has 2 amide bonds. The van der Waals surface area contributed by atoms with Crippen molar-refractivity contribution in [2.24, 2.45) is 5.92 Å². The molecule has 1 aromatic carbocycles. The van der Waals surface area contributed by atoms with E-state index in [1.54, 1.807) is 4.90 Å². The number of terminal acetylenes is 1. The zero-order chi connectivity index (χ0) is 19.6. The van der Waals surface area contributed by atoms with Crippen LogP contribution in [-0.2, 0) is 4.79 Å². The average Bonchev–Trinajstić information content (AvgIpc) is 2.68. The van der Waals surface area contributed by atoms with E-state index in [1.165, 1.54) is 6.42 Å². The van der Waals surface area contributed by atoms with Crippen molar-refractivity contribution in [2.45, 2.75) is 64.8 Å². The number of amides is 2. The first-order valence-electron chi connectivity index (χ1n) is 10.2. The molecule has 27 heavy (non-hydrogen) atoms. The van der Waals surface area contributed by atoms with E-state index in [0.717, 1.165) is 44.1 Å². The molecule has 0 bridgehead atoms. The lowest BCUT2D eigenvalue weighted by Crippen LogP contribution is -2.54. The molecule has 1 aromatic rings. The van der Waals surface area contributed by atoms with Crippen LogP contribution in [0.1, 0.15) is 67.8 Å². The van der Waals surface area contributed by atoms with Gasteiger partial charge >= 0.3 is 0 Å². The Hall–Kier alpha value is -2.28. The van der Waals surface area contributed by atoms with Crippen molar-refractivity contribution in [2.75, 3.05) is 13.1 Å². The summed E-state index contributed by atoms with van der Waals surface area (Å²) in [6, 6.07) is 7.00. The first kappa shape index (κ1) is 21.0. The highest BCUT2D eigenvalue weighted by Gasteiger charge is 2.37. The van der Waals surface area contributed by atoms with Crippen LogP contribution in [0.25, 0.3) is 0 Å².